The molecule has 0 atom stereocenters. The standard InChI is InChI=1S/C23H26F2O2/c1-2-27-21-14-13-20(22(24)23(21)25)19-11-9-18(10-12-19)17-7-5-16(6-8-17)4-3-15-26/h3-4,9-14,16-17,26H,2,5-8,15H2,1H3/b4-3+. The molecule has 0 saturated heterocycles. The Balaban J connectivity index is 1.71. The van der Waals surface area contributed by atoms with E-state index in [4.69, 9.17) is 9.84 Å². The summed E-state index contributed by atoms with van der Waals surface area (Å²) >= 11 is 0. The van der Waals surface area contributed by atoms with Crippen LogP contribution in [0.15, 0.2) is 48.6 Å². The van der Waals surface area contributed by atoms with E-state index in [0.717, 1.165) is 25.7 Å². The monoisotopic (exact) mass is 372 g/mol. The Kier molecular flexibility index (Phi) is 6.62. The molecular formula is C23H26F2O2. The van der Waals surface area contributed by atoms with Crippen molar-refractivity contribution in [1.29, 1.82) is 0 Å². The Morgan fingerprint density at radius 3 is 2.33 bits per heavy atom. The van der Waals surface area contributed by atoms with E-state index in [0.29, 0.717) is 24.0 Å². The molecule has 0 radical (unpaired) electrons. The Bertz CT molecular complexity index is 776. The molecule has 2 aromatic rings. The summed E-state index contributed by atoms with van der Waals surface area (Å²) in [5.74, 6) is -0.812. The summed E-state index contributed by atoms with van der Waals surface area (Å²) in [6.45, 7) is 2.13. The fourth-order valence-electron chi connectivity index (χ4n) is 3.85. The highest BCUT2D eigenvalue weighted by Gasteiger charge is 2.21. The van der Waals surface area contributed by atoms with Crippen LogP contribution in [-0.2, 0) is 0 Å². The summed E-state index contributed by atoms with van der Waals surface area (Å²) in [7, 11) is 0. The molecule has 1 aliphatic rings. The lowest BCUT2D eigenvalue weighted by atomic mass is 9.78. The zero-order valence-corrected chi connectivity index (χ0v) is 15.6. The van der Waals surface area contributed by atoms with Crippen LogP contribution < -0.4 is 4.74 Å². The zero-order chi connectivity index (χ0) is 19.2. The van der Waals surface area contributed by atoms with E-state index in [1.807, 2.05) is 30.3 Å². The third kappa shape index (κ3) is 4.56. The van der Waals surface area contributed by atoms with Gasteiger partial charge in [0.1, 0.15) is 0 Å². The molecule has 4 heteroatoms. The van der Waals surface area contributed by atoms with Crippen molar-refractivity contribution in [3.8, 4) is 16.9 Å². The molecule has 1 N–H and O–H groups in total. The molecule has 3 rings (SSSR count). The molecule has 0 unspecified atom stereocenters. The van der Waals surface area contributed by atoms with Crippen LogP contribution in [0, 0.1) is 17.6 Å². The molecule has 27 heavy (non-hydrogen) atoms. The number of hydrogen-bond acceptors (Lipinski definition) is 2. The topological polar surface area (TPSA) is 29.5 Å². The number of rotatable bonds is 6. The first-order valence-corrected chi connectivity index (χ1v) is 9.62. The Hall–Kier alpha value is -2.20. The first kappa shape index (κ1) is 19.6. The van der Waals surface area contributed by atoms with Gasteiger partial charge in [-0.05, 0) is 67.7 Å². The normalized spacial score (nSPS) is 20.1. The number of halogens is 2. The van der Waals surface area contributed by atoms with Crippen LogP contribution >= 0.6 is 0 Å². The number of benzene rings is 2. The predicted octanol–water partition coefficient (Wildman–Crippen LogP) is 5.85. The van der Waals surface area contributed by atoms with Gasteiger partial charge in [0.05, 0.1) is 13.2 Å². The third-order valence-electron chi connectivity index (χ3n) is 5.33. The van der Waals surface area contributed by atoms with Crippen LogP contribution in [0.2, 0.25) is 0 Å². The minimum absolute atomic E-state index is 0.0534. The smallest absolute Gasteiger partial charge is 0.201 e. The predicted molar refractivity (Wildman–Crippen MR) is 104 cm³/mol. The average molecular weight is 372 g/mol. The van der Waals surface area contributed by atoms with Crippen LogP contribution in [0.4, 0.5) is 8.78 Å². The highest BCUT2D eigenvalue weighted by molar-refractivity contribution is 5.65. The fraction of sp³-hybridized carbons (Fsp3) is 0.391. The van der Waals surface area contributed by atoms with E-state index in [1.165, 1.54) is 11.6 Å². The lowest BCUT2D eigenvalue weighted by Crippen LogP contribution is -2.11. The van der Waals surface area contributed by atoms with Crippen molar-refractivity contribution < 1.29 is 18.6 Å². The first-order valence-electron chi connectivity index (χ1n) is 9.62. The molecule has 0 amide bonds. The number of aliphatic hydroxyl groups excluding tert-OH is 1. The van der Waals surface area contributed by atoms with Gasteiger partial charge in [0.15, 0.2) is 11.6 Å². The van der Waals surface area contributed by atoms with Crippen molar-refractivity contribution in [2.75, 3.05) is 13.2 Å². The molecule has 1 saturated carbocycles. The SMILES string of the molecule is CCOc1ccc(-c2ccc(C3CCC(/C=C/CO)CC3)cc2)c(F)c1F. The van der Waals surface area contributed by atoms with Gasteiger partial charge in [-0.2, -0.15) is 4.39 Å². The molecule has 1 fully saturated rings. The second-order valence-electron chi connectivity index (χ2n) is 7.02. The number of ether oxygens (including phenoxy) is 1. The van der Waals surface area contributed by atoms with Gasteiger partial charge in [0.25, 0.3) is 0 Å². The fourth-order valence-corrected chi connectivity index (χ4v) is 3.85. The van der Waals surface area contributed by atoms with Gasteiger partial charge in [-0.15, -0.1) is 0 Å². The van der Waals surface area contributed by atoms with Crippen LogP contribution in [0.3, 0.4) is 0 Å². The molecule has 144 valence electrons. The molecule has 2 aromatic carbocycles. The molecule has 0 aliphatic heterocycles. The van der Waals surface area contributed by atoms with Crippen molar-refractivity contribution >= 4 is 0 Å². The van der Waals surface area contributed by atoms with Crippen LogP contribution in [-0.4, -0.2) is 18.3 Å². The maximum Gasteiger partial charge on any atom is 0.201 e. The number of hydrogen-bond donors (Lipinski definition) is 1. The van der Waals surface area contributed by atoms with Gasteiger partial charge in [-0.3, -0.25) is 0 Å². The Morgan fingerprint density at radius 1 is 1.00 bits per heavy atom. The van der Waals surface area contributed by atoms with Crippen molar-refractivity contribution in [3.63, 3.8) is 0 Å². The summed E-state index contributed by atoms with van der Waals surface area (Å²) in [4.78, 5) is 0. The van der Waals surface area contributed by atoms with E-state index >= 15 is 0 Å². The second kappa shape index (κ2) is 9.14. The molecule has 0 heterocycles. The first-order chi connectivity index (χ1) is 13.1. The molecule has 2 nitrogen and oxygen atoms in total. The van der Waals surface area contributed by atoms with E-state index in [9.17, 15) is 8.78 Å². The van der Waals surface area contributed by atoms with Gasteiger partial charge in [0, 0.05) is 5.56 Å². The van der Waals surface area contributed by atoms with Crippen LogP contribution in [0.1, 0.15) is 44.1 Å². The van der Waals surface area contributed by atoms with Crippen molar-refractivity contribution in [2.45, 2.75) is 38.5 Å². The third-order valence-corrected chi connectivity index (χ3v) is 5.33. The molecule has 0 bridgehead atoms. The van der Waals surface area contributed by atoms with Gasteiger partial charge in [0.2, 0.25) is 5.82 Å². The number of aliphatic hydroxyl groups is 1. The lowest BCUT2D eigenvalue weighted by molar-refractivity contribution is 0.314. The maximum atomic E-state index is 14.4. The minimum Gasteiger partial charge on any atom is -0.491 e. The molecule has 0 aromatic heterocycles. The number of allylic oxidation sites excluding steroid dienone is 1. The van der Waals surface area contributed by atoms with Gasteiger partial charge < -0.3 is 9.84 Å². The van der Waals surface area contributed by atoms with Crippen molar-refractivity contribution in [1.82, 2.24) is 0 Å². The van der Waals surface area contributed by atoms with E-state index < -0.39 is 11.6 Å². The van der Waals surface area contributed by atoms with Gasteiger partial charge in [-0.1, -0.05) is 36.4 Å². The van der Waals surface area contributed by atoms with Crippen LogP contribution in [0.25, 0.3) is 11.1 Å². The van der Waals surface area contributed by atoms with E-state index in [-0.39, 0.29) is 17.9 Å². The summed E-state index contributed by atoms with van der Waals surface area (Å²) in [5.41, 5.74) is 2.16. The Morgan fingerprint density at radius 2 is 1.70 bits per heavy atom. The summed E-state index contributed by atoms with van der Waals surface area (Å²) in [6, 6.07) is 10.8. The largest absolute Gasteiger partial charge is 0.491 e. The zero-order valence-electron chi connectivity index (χ0n) is 15.6. The van der Waals surface area contributed by atoms with E-state index in [1.54, 1.807) is 13.0 Å². The summed E-state index contributed by atoms with van der Waals surface area (Å²) in [6.07, 6.45) is 8.37. The minimum atomic E-state index is -0.937. The lowest BCUT2D eigenvalue weighted by Gasteiger charge is -2.27. The van der Waals surface area contributed by atoms with Crippen LogP contribution in [0.5, 0.6) is 5.75 Å². The molecule has 0 spiro atoms. The maximum absolute atomic E-state index is 14.4. The summed E-state index contributed by atoms with van der Waals surface area (Å²) < 4.78 is 33.6. The average Bonchev–Trinajstić information content (AvgIpc) is 2.71. The molecule has 1 aliphatic carbocycles. The quantitative estimate of drug-likeness (QED) is 0.644. The van der Waals surface area contributed by atoms with Gasteiger partial charge >= 0.3 is 0 Å². The Labute approximate surface area is 159 Å². The molecular weight excluding hydrogens is 346 g/mol. The summed E-state index contributed by atoms with van der Waals surface area (Å²) in [5, 5.41) is 8.88. The van der Waals surface area contributed by atoms with Crippen molar-refractivity contribution in [3.05, 3.63) is 65.7 Å². The highest BCUT2D eigenvalue weighted by Crippen LogP contribution is 2.37. The van der Waals surface area contributed by atoms with Crippen molar-refractivity contribution in [2.24, 2.45) is 5.92 Å². The second-order valence-corrected chi connectivity index (χ2v) is 7.02. The van der Waals surface area contributed by atoms with Gasteiger partial charge in [-0.25, -0.2) is 4.39 Å². The highest BCUT2D eigenvalue weighted by atomic mass is 19.2. The van der Waals surface area contributed by atoms with E-state index in [2.05, 4.69) is 6.08 Å².